The molecule has 0 saturated carbocycles. The van der Waals surface area contributed by atoms with Gasteiger partial charge in [0, 0.05) is 5.39 Å². The lowest BCUT2D eigenvalue weighted by atomic mass is 9.99. The molecule has 102 valence electrons. The zero-order valence-electron chi connectivity index (χ0n) is 10.3. The van der Waals surface area contributed by atoms with Crippen LogP contribution in [0, 0.1) is 0 Å². The SMILES string of the molecule is CC(C)c1cc2c(C(F)(F)F)ccc(Cl)c2nc1N. The Morgan fingerprint density at radius 1 is 1.26 bits per heavy atom. The van der Waals surface area contributed by atoms with Crippen molar-refractivity contribution in [2.45, 2.75) is 25.9 Å². The van der Waals surface area contributed by atoms with Crippen LogP contribution in [0.1, 0.15) is 30.9 Å². The molecule has 0 spiro atoms. The van der Waals surface area contributed by atoms with Gasteiger partial charge in [0.2, 0.25) is 0 Å². The molecule has 1 aromatic carbocycles. The zero-order valence-corrected chi connectivity index (χ0v) is 11.1. The number of fused-ring (bicyclic) bond motifs is 1. The number of nitrogen functional groups attached to an aromatic ring is 1. The number of nitrogens with zero attached hydrogens (tertiary/aromatic N) is 1. The van der Waals surface area contributed by atoms with E-state index in [9.17, 15) is 13.2 Å². The topological polar surface area (TPSA) is 38.9 Å². The van der Waals surface area contributed by atoms with Gasteiger partial charge in [0.25, 0.3) is 0 Å². The van der Waals surface area contributed by atoms with E-state index in [0.717, 1.165) is 6.07 Å². The maximum Gasteiger partial charge on any atom is 0.417 e. The van der Waals surface area contributed by atoms with Gasteiger partial charge in [-0.05, 0) is 29.7 Å². The second kappa shape index (κ2) is 4.56. The Hall–Kier alpha value is -1.49. The molecule has 19 heavy (non-hydrogen) atoms. The van der Waals surface area contributed by atoms with Crippen molar-refractivity contribution in [1.29, 1.82) is 0 Å². The van der Waals surface area contributed by atoms with Gasteiger partial charge in [0.15, 0.2) is 0 Å². The first-order valence-electron chi connectivity index (χ1n) is 5.67. The predicted molar refractivity (Wildman–Crippen MR) is 70.3 cm³/mol. The molecule has 0 aliphatic rings. The lowest BCUT2D eigenvalue weighted by Crippen LogP contribution is -2.08. The molecule has 0 unspecified atom stereocenters. The average molecular weight is 289 g/mol. The van der Waals surface area contributed by atoms with Gasteiger partial charge in [-0.1, -0.05) is 25.4 Å². The average Bonchev–Trinajstić information content (AvgIpc) is 2.27. The Labute approximate surface area is 113 Å². The first-order valence-corrected chi connectivity index (χ1v) is 6.05. The number of alkyl halides is 3. The van der Waals surface area contributed by atoms with E-state index >= 15 is 0 Å². The minimum atomic E-state index is -4.45. The van der Waals surface area contributed by atoms with Crippen molar-refractivity contribution >= 4 is 28.3 Å². The van der Waals surface area contributed by atoms with E-state index in [2.05, 4.69) is 4.98 Å². The maximum atomic E-state index is 13.0. The summed E-state index contributed by atoms with van der Waals surface area (Å²) in [6, 6.07) is 3.58. The Morgan fingerprint density at radius 3 is 2.42 bits per heavy atom. The summed E-state index contributed by atoms with van der Waals surface area (Å²) in [6.07, 6.45) is -4.45. The predicted octanol–water partition coefficient (Wildman–Crippen LogP) is 4.61. The third kappa shape index (κ3) is 2.47. The highest BCUT2D eigenvalue weighted by Crippen LogP contribution is 2.38. The van der Waals surface area contributed by atoms with Crippen molar-refractivity contribution in [2.75, 3.05) is 5.73 Å². The highest BCUT2D eigenvalue weighted by atomic mass is 35.5. The molecule has 0 bridgehead atoms. The van der Waals surface area contributed by atoms with Crippen LogP contribution in [0.25, 0.3) is 10.9 Å². The highest BCUT2D eigenvalue weighted by molar-refractivity contribution is 6.35. The molecule has 0 saturated heterocycles. The van der Waals surface area contributed by atoms with E-state index in [-0.39, 0.29) is 27.7 Å². The molecular formula is C13H12ClF3N2. The van der Waals surface area contributed by atoms with Gasteiger partial charge in [0.1, 0.15) is 5.82 Å². The van der Waals surface area contributed by atoms with Crippen LogP contribution in [-0.4, -0.2) is 4.98 Å². The first-order chi connectivity index (χ1) is 8.71. The Bertz CT molecular complexity index is 636. The third-order valence-electron chi connectivity index (χ3n) is 2.92. The molecule has 2 rings (SSSR count). The Balaban J connectivity index is 2.87. The maximum absolute atomic E-state index is 13.0. The van der Waals surface area contributed by atoms with Crippen LogP contribution in [0.3, 0.4) is 0 Å². The van der Waals surface area contributed by atoms with Crippen LogP contribution in [0.2, 0.25) is 5.02 Å². The van der Waals surface area contributed by atoms with Crippen molar-refractivity contribution in [1.82, 2.24) is 4.98 Å². The standard InChI is InChI=1S/C13H12ClF3N2/c1-6(2)7-5-8-9(13(15,16)17)3-4-10(14)11(8)19-12(7)18/h3-6H,1-2H3,(H2,18,19). The van der Waals surface area contributed by atoms with Crippen LogP contribution in [-0.2, 0) is 6.18 Å². The summed E-state index contributed by atoms with van der Waals surface area (Å²) in [5, 5.41) is 0.142. The van der Waals surface area contributed by atoms with E-state index in [4.69, 9.17) is 17.3 Å². The first kappa shape index (κ1) is 13.9. The summed E-state index contributed by atoms with van der Waals surface area (Å²) in [5.41, 5.74) is 5.68. The molecule has 2 nitrogen and oxygen atoms in total. The molecule has 0 atom stereocenters. The van der Waals surface area contributed by atoms with Gasteiger partial charge in [-0.15, -0.1) is 0 Å². The van der Waals surface area contributed by atoms with E-state index in [0.29, 0.717) is 5.56 Å². The fraction of sp³-hybridized carbons (Fsp3) is 0.308. The summed E-state index contributed by atoms with van der Waals surface area (Å²) < 4.78 is 38.9. The van der Waals surface area contributed by atoms with Gasteiger partial charge in [-0.25, -0.2) is 4.98 Å². The van der Waals surface area contributed by atoms with E-state index in [1.165, 1.54) is 12.1 Å². The molecule has 0 fully saturated rings. The zero-order chi connectivity index (χ0) is 14.4. The fourth-order valence-corrected chi connectivity index (χ4v) is 2.17. The highest BCUT2D eigenvalue weighted by Gasteiger charge is 2.33. The number of hydrogen-bond donors (Lipinski definition) is 1. The largest absolute Gasteiger partial charge is 0.417 e. The van der Waals surface area contributed by atoms with Crippen molar-refractivity contribution in [3.63, 3.8) is 0 Å². The van der Waals surface area contributed by atoms with Crippen LogP contribution in [0.4, 0.5) is 19.0 Å². The van der Waals surface area contributed by atoms with E-state index in [1.54, 1.807) is 0 Å². The number of aromatic nitrogens is 1. The number of halogens is 4. The summed E-state index contributed by atoms with van der Waals surface area (Å²) in [4.78, 5) is 4.02. The van der Waals surface area contributed by atoms with Gasteiger partial charge in [-0.2, -0.15) is 13.2 Å². The normalized spacial score (nSPS) is 12.4. The molecule has 6 heteroatoms. The fourth-order valence-electron chi connectivity index (χ4n) is 1.97. The van der Waals surface area contributed by atoms with E-state index in [1.807, 2.05) is 13.8 Å². The summed E-state index contributed by atoms with van der Waals surface area (Å²) >= 11 is 5.90. The number of anilines is 1. The van der Waals surface area contributed by atoms with Crippen LogP contribution in [0.15, 0.2) is 18.2 Å². The van der Waals surface area contributed by atoms with Gasteiger partial charge >= 0.3 is 6.18 Å². The molecule has 0 amide bonds. The van der Waals surface area contributed by atoms with E-state index < -0.39 is 11.7 Å². The number of hydrogen-bond acceptors (Lipinski definition) is 2. The van der Waals surface area contributed by atoms with Crippen molar-refractivity contribution in [2.24, 2.45) is 0 Å². The summed E-state index contributed by atoms with van der Waals surface area (Å²) in [5.74, 6) is 0.195. The minimum Gasteiger partial charge on any atom is -0.383 e. The smallest absolute Gasteiger partial charge is 0.383 e. The van der Waals surface area contributed by atoms with Crippen LogP contribution < -0.4 is 5.73 Å². The van der Waals surface area contributed by atoms with Crippen LogP contribution >= 0.6 is 11.6 Å². The number of benzene rings is 1. The van der Waals surface area contributed by atoms with Gasteiger partial charge in [-0.3, -0.25) is 0 Å². The second-order valence-corrected chi connectivity index (χ2v) is 5.01. The quantitative estimate of drug-likeness (QED) is 0.832. The molecular weight excluding hydrogens is 277 g/mol. The van der Waals surface area contributed by atoms with Crippen molar-refractivity contribution in [3.8, 4) is 0 Å². The Kier molecular flexibility index (Phi) is 3.34. The molecule has 1 heterocycles. The molecule has 2 N–H and O–H groups in total. The molecule has 0 radical (unpaired) electrons. The number of pyridine rings is 1. The lowest BCUT2D eigenvalue weighted by molar-refractivity contribution is -0.136. The summed E-state index contributed by atoms with van der Waals surface area (Å²) in [7, 11) is 0. The van der Waals surface area contributed by atoms with Gasteiger partial charge in [0.05, 0.1) is 16.1 Å². The van der Waals surface area contributed by atoms with Gasteiger partial charge < -0.3 is 5.73 Å². The molecule has 0 aliphatic carbocycles. The monoisotopic (exact) mass is 288 g/mol. The number of nitrogens with two attached hydrogens (primary N) is 1. The lowest BCUT2D eigenvalue weighted by Gasteiger charge is -2.15. The number of rotatable bonds is 1. The second-order valence-electron chi connectivity index (χ2n) is 4.61. The summed E-state index contributed by atoms with van der Waals surface area (Å²) in [6.45, 7) is 3.69. The molecule has 0 aliphatic heterocycles. The van der Waals surface area contributed by atoms with Crippen LogP contribution in [0.5, 0.6) is 0 Å². The van der Waals surface area contributed by atoms with Crippen molar-refractivity contribution in [3.05, 3.63) is 34.3 Å². The Morgan fingerprint density at radius 2 is 1.89 bits per heavy atom. The van der Waals surface area contributed by atoms with Crippen molar-refractivity contribution < 1.29 is 13.2 Å². The minimum absolute atomic E-state index is 0.0158. The molecule has 2 aromatic rings. The molecule has 1 aromatic heterocycles. The third-order valence-corrected chi connectivity index (χ3v) is 3.23.